The van der Waals surface area contributed by atoms with Gasteiger partial charge < -0.3 is 14.4 Å². The summed E-state index contributed by atoms with van der Waals surface area (Å²) in [6.07, 6.45) is 0. The van der Waals surface area contributed by atoms with Crippen molar-refractivity contribution < 1.29 is 19.1 Å². The molecule has 1 saturated heterocycles. The van der Waals surface area contributed by atoms with Crippen LogP contribution in [0.4, 0.5) is 0 Å². The summed E-state index contributed by atoms with van der Waals surface area (Å²) >= 11 is 0. The molecule has 1 aliphatic rings. The predicted octanol–water partition coefficient (Wildman–Crippen LogP) is 2.34. The lowest BCUT2D eigenvalue weighted by atomic mass is 10.1. The predicted molar refractivity (Wildman–Crippen MR) is 103 cm³/mol. The van der Waals surface area contributed by atoms with Crippen molar-refractivity contribution >= 4 is 11.7 Å². The highest BCUT2D eigenvalue weighted by Gasteiger charge is 2.24. The first-order valence-corrected chi connectivity index (χ1v) is 8.93. The lowest BCUT2D eigenvalue weighted by molar-refractivity contribution is 0.0623. The molecule has 3 rings (SSSR count). The summed E-state index contributed by atoms with van der Waals surface area (Å²) in [5.41, 5.74) is 1.26. The smallest absolute Gasteiger partial charge is 0.254 e. The summed E-state index contributed by atoms with van der Waals surface area (Å²) in [5.74, 6) is 1.23. The van der Waals surface area contributed by atoms with E-state index in [2.05, 4.69) is 4.90 Å². The number of carbonyl (C=O) groups excluding carboxylic acids is 2. The standard InChI is InChI=1S/C21H24N2O4/c1-26-18-12-17(13-19(14-18)27-2)21(25)23-10-8-22(9-11-23)15-20(24)16-6-4-3-5-7-16/h3-7,12-14H,8-11,15H2,1-2H3. The lowest BCUT2D eigenvalue weighted by Crippen LogP contribution is -2.49. The van der Waals surface area contributed by atoms with Crippen LogP contribution < -0.4 is 9.47 Å². The van der Waals surface area contributed by atoms with E-state index in [0.29, 0.717) is 49.8 Å². The van der Waals surface area contributed by atoms with Crippen LogP contribution in [0.15, 0.2) is 48.5 Å². The van der Waals surface area contributed by atoms with E-state index in [1.807, 2.05) is 30.3 Å². The number of Topliss-reactive ketones (excluding diaryl/α,β-unsaturated/α-hetero) is 1. The molecular weight excluding hydrogens is 344 g/mol. The number of ether oxygens (including phenoxy) is 2. The van der Waals surface area contributed by atoms with Gasteiger partial charge in [0.25, 0.3) is 5.91 Å². The van der Waals surface area contributed by atoms with Crippen LogP contribution >= 0.6 is 0 Å². The fraction of sp³-hybridized carbons (Fsp3) is 0.333. The number of hydrogen-bond acceptors (Lipinski definition) is 5. The molecule has 0 N–H and O–H groups in total. The number of piperazine rings is 1. The van der Waals surface area contributed by atoms with E-state index in [-0.39, 0.29) is 11.7 Å². The maximum atomic E-state index is 12.8. The Morgan fingerprint density at radius 2 is 1.44 bits per heavy atom. The summed E-state index contributed by atoms with van der Waals surface area (Å²) in [6, 6.07) is 14.5. The summed E-state index contributed by atoms with van der Waals surface area (Å²) in [6.45, 7) is 2.89. The molecule has 6 nitrogen and oxygen atoms in total. The van der Waals surface area contributed by atoms with Gasteiger partial charge in [0, 0.05) is 43.4 Å². The van der Waals surface area contributed by atoms with Crippen molar-refractivity contribution in [2.75, 3.05) is 46.9 Å². The van der Waals surface area contributed by atoms with E-state index in [4.69, 9.17) is 9.47 Å². The minimum Gasteiger partial charge on any atom is -0.497 e. The fourth-order valence-electron chi connectivity index (χ4n) is 3.14. The molecule has 1 aliphatic heterocycles. The molecule has 142 valence electrons. The van der Waals surface area contributed by atoms with Gasteiger partial charge >= 0.3 is 0 Å². The third-order valence-corrected chi connectivity index (χ3v) is 4.72. The first-order valence-electron chi connectivity index (χ1n) is 8.93. The van der Waals surface area contributed by atoms with Gasteiger partial charge in [-0.3, -0.25) is 14.5 Å². The third-order valence-electron chi connectivity index (χ3n) is 4.72. The van der Waals surface area contributed by atoms with E-state index < -0.39 is 0 Å². The Morgan fingerprint density at radius 3 is 2.00 bits per heavy atom. The van der Waals surface area contributed by atoms with Gasteiger partial charge in [-0.1, -0.05) is 30.3 Å². The van der Waals surface area contributed by atoms with E-state index >= 15 is 0 Å². The Balaban J connectivity index is 1.59. The molecule has 6 heteroatoms. The molecule has 0 saturated carbocycles. The zero-order valence-electron chi connectivity index (χ0n) is 15.7. The molecular formula is C21H24N2O4. The minimum absolute atomic E-state index is 0.0544. The molecule has 0 radical (unpaired) electrons. The van der Waals surface area contributed by atoms with Crippen molar-refractivity contribution in [3.05, 3.63) is 59.7 Å². The van der Waals surface area contributed by atoms with E-state index in [1.165, 1.54) is 0 Å². The summed E-state index contributed by atoms with van der Waals surface area (Å²) in [5, 5.41) is 0. The van der Waals surface area contributed by atoms with Crippen LogP contribution in [0, 0.1) is 0 Å². The zero-order chi connectivity index (χ0) is 19.2. The molecule has 1 amide bonds. The quantitative estimate of drug-likeness (QED) is 0.733. The second kappa shape index (κ2) is 8.68. The Bertz CT molecular complexity index is 777. The highest BCUT2D eigenvalue weighted by Crippen LogP contribution is 2.23. The number of carbonyl (C=O) groups is 2. The van der Waals surface area contributed by atoms with E-state index in [9.17, 15) is 9.59 Å². The summed E-state index contributed by atoms with van der Waals surface area (Å²) < 4.78 is 10.5. The van der Waals surface area contributed by atoms with Gasteiger partial charge in [0.05, 0.1) is 20.8 Å². The van der Waals surface area contributed by atoms with Crippen molar-refractivity contribution in [2.24, 2.45) is 0 Å². The van der Waals surface area contributed by atoms with Gasteiger partial charge in [0.15, 0.2) is 5.78 Å². The van der Waals surface area contributed by atoms with Crippen LogP contribution in [0.5, 0.6) is 11.5 Å². The molecule has 2 aromatic carbocycles. The molecule has 0 aliphatic carbocycles. The average molecular weight is 368 g/mol. The number of benzene rings is 2. The normalized spacial score (nSPS) is 14.7. The second-order valence-electron chi connectivity index (χ2n) is 6.46. The van der Waals surface area contributed by atoms with Crippen molar-refractivity contribution in [3.8, 4) is 11.5 Å². The first kappa shape index (κ1) is 18.9. The SMILES string of the molecule is COc1cc(OC)cc(C(=O)N2CCN(CC(=O)c3ccccc3)CC2)c1. The highest BCUT2D eigenvalue weighted by molar-refractivity contribution is 5.97. The minimum atomic E-state index is -0.0544. The Morgan fingerprint density at radius 1 is 0.852 bits per heavy atom. The average Bonchev–Trinajstić information content (AvgIpc) is 2.74. The molecule has 0 atom stereocenters. The van der Waals surface area contributed by atoms with Crippen molar-refractivity contribution in [1.29, 1.82) is 0 Å². The van der Waals surface area contributed by atoms with Crippen molar-refractivity contribution in [1.82, 2.24) is 9.80 Å². The van der Waals surface area contributed by atoms with Gasteiger partial charge in [-0.25, -0.2) is 0 Å². The Labute approximate surface area is 159 Å². The van der Waals surface area contributed by atoms with E-state index in [0.717, 1.165) is 5.56 Å². The van der Waals surface area contributed by atoms with Gasteiger partial charge in [-0.2, -0.15) is 0 Å². The van der Waals surface area contributed by atoms with Crippen LogP contribution in [-0.2, 0) is 0 Å². The highest BCUT2D eigenvalue weighted by atomic mass is 16.5. The van der Waals surface area contributed by atoms with E-state index in [1.54, 1.807) is 37.3 Å². The first-order chi connectivity index (χ1) is 13.1. The van der Waals surface area contributed by atoms with Gasteiger partial charge in [-0.15, -0.1) is 0 Å². The van der Waals surface area contributed by atoms with Gasteiger partial charge in [0.2, 0.25) is 0 Å². The molecule has 0 spiro atoms. The van der Waals surface area contributed by atoms with Crippen molar-refractivity contribution in [2.45, 2.75) is 0 Å². The summed E-state index contributed by atoms with van der Waals surface area (Å²) in [4.78, 5) is 29.0. The molecule has 0 unspecified atom stereocenters. The lowest BCUT2D eigenvalue weighted by Gasteiger charge is -2.34. The maximum Gasteiger partial charge on any atom is 0.254 e. The number of ketones is 1. The molecule has 0 aromatic heterocycles. The monoisotopic (exact) mass is 368 g/mol. The number of nitrogens with zero attached hydrogens (tertiary/aromatic N) is 2. The molecule has 1 heterocycles. The van der Waals surface area contributed by atoms with Crippen LogP contribution in [0.2, 0.25) is 0 Å². The molecule has 0 bridgehead atoms. The van der Waals surface area contributed by atoms with Crippen LogP contribution in [0.3, 0.4) is 0 Å². The van der Waals surface area contributed by atoms with Crippen molar-refractivity contribution in [3.63, 3.8) is 0 Å². The maximum absolute atomic E-state index is 12.8. The fourth-order valence-corrected chi connectivity index (χ4v) is 3.14. The Hall–Kier alpha value is -2.86. The number of hydrogen-bond donors (Lipinski definition) is 0. The second-order valence-corrected chi connectivity index (χ2v) is 6.46. The van der Waals surface area contributed by atoms with Crippen LogP contribution in [-0.4, -0.2) is 68.4 Å². The molecule has 27 heavy (non-hydrogen) atoms. The molecule has 1 fully saturated rings. The number of methoxy groups -OCH3 is 2. The zero-order valence-corrected chi connectivity index (χ0v) is 15.7. The number of amides is 1. The summed E-state index contributed by atoms with van der Waals surface area (Å²) in [7, 11) is 3.12. The van der Waals surface area contributed by atoms with Gasteiger partial charge in [-0.05, 0) is 12.1 Å². The van der Waals surface area contributed by atoms with Crippen LogP contribution in [0.25, 0.3) is 0 Å². The third kappa shape index (κ3) is 4.65. The van der Waals surface area contributed by atoms with Gasteiger partial charge in [0.1, 0.15) is 11.5 Å². The number of rotatable bonds is 6. The largest absolute Gasteiger partial charge is 0.497 e. The van der Waals surface area contributed by atoms with Crippen LogP contribution in [0.1, 0.15) is 20.7 Å². The topological polar surface area (TPSA) is 59.1 Å². The molecule has 2 aromatic rings. The Kier molecular flexibility index (Phi) is 6.08.